The molecule has 0 bridgehead atoms. The van der Waals surface area contributed by atoms with E-state index < -0.39 is 41.2 Å². The monoisotopic (exact) mass is 360 g/mol. The van der Waals surface area contributed by atoms with Crippen LogP contribution < -0.4 is 10.6 Å². The number of carbonyl (C=O) groups is 2. The predicted molar refractivity (Wildman–Crippen MR) is 80.4 cm³/mol. The van der Waals surface area contributed by atoms with Gasteiger partial charge in [0.1, 0.15) is 11.5 Å². The SMILES string of the molecule is O=C(Nc1ccc(F)c(NC(=O)C(F)F)c1F)c1ccccc1Cl. The molecule has 0 aromatic heterocycles. The maximum Gasteiger partial charge on any atom is 0.315 e. The number of amides is 2. The van der Waals surface area contributed by atoms with Crippen LogP contribution in [-0.4, -0.2) is 18.2 Å². The third-order valence-corrected chi connectivity index (χ3v) is 3.23. The lowest BCUT2D eigenvalue weighted by atomic mass is 10.2. The fraction of sp³-hybridized carbons (Fsp3) is 0.0667. The molecule has 24 heavy (non-hydrogen) atoms. The highest BCUT2D eigenvalue weighted by Gasteiger charge is 2.22. The number of rotatable bonds is 4. The summed E-state index contributed by atoms with van der Waals surface area (Å²) in [6.45, 7) is 0. The lowest BCUT2D eigenvalue weighted by Crippen LogP contribution is -2.22. The molecule has 9 heteroatoms. The molecule has 0 aliphatic rings. The minimum atomic E-state index is -3.45. The molecule has 2 rings (SSSR count). The van der Waals surface area contributed by atoms with Crippen LogP contribution in [-0.2, 0) is 4.79 Å². The molecular weight excluding hydrogens is 352 g/mol. The Kier molecular flexibility index (Phi) is 5.40. The molecule has 0 saturated heterocycles. The maximum atomic E-state index is 14.2. The molecule has 4 nitrogen and oxygen atoms in total. The van der Waals surface area contributed by atoms with E-state index in [0.717, 1.165) is 6.07 Å². The molecule has 2 N–H and O–H groups in total. The lowest BCUT2D eigenvalue weighted by Gasteiger charge is -2.12. The second-order valence-electron chi connectivity index (χ2n) is 4.51. The Bertz CT molecular complexity index is 799. The molecule has 0 saturated carbocycles. The molecule has 2 amide bonds. The average Bonchev–Trinajstić information content (AvgIpc) is 2.54. The smallest absolute Gasteiger partial charge is 0.315 e. The summed E-state index contributed by atoms with van der Waals surface area (Å²) < 4.78 is 52.2. The van der Waals surface area contributed by atoms with Crippen LogP contribution in [0.4, 0.5) is 28.9 Å². The van der Waals surface area contributed by atoms with Gasteiger partial charge < -0.3 is 10.6 Å². The van der Waals surface area contributed by atoms with Crippen LogP contribution in [0.1, 0.15) is 10.4 Å². The van der Waals surface area contributed by atoms with Crippen LogP contribution in [0.3, 0.4) is 0 Å². The Balaban J connectivity index is 2.30. The Labute approximate surface area is 138 Å². The Morgan fingerprint density at radius 3 is 2.29 bits per heavy atom. The number of hydrogen-bond acceptors (Lipinski definition) is 2. The summed E-state index contributed by atoms with van der Waals surface area (Å²) in [7, 11) is 0. The number of carbonyl (C=O) groups excluding carboxylic acids is 2. The predicted octanol–water partition coefficient (Wildman–Crippen LogP) is 4.07. The molecule has 126 valence electrons. The topological polar surface area (TPSA) is 58.2 Å². The van der Waals surface area contributed by atoms with E-state index in [2.05, 4.69) is 5.32 Å². The van der Waals surface area contributed by atoms with E-state index in [1.165, 1.54) is 23.5 Å². The molecule has 2 aromatic rings. The molecule has 0 aliphatic heterocycles. The third-order valence-electron chi connectivity index (χ3n) is 2.90. The van der Waals surface area contributed by atoms with Crippen molar-refractivity contribution in [1.82, 2.24) is 0 Å². The first-order valence-electron chi connectivity index (χ1n) is 6.44. The zero-order valence-electron chi connectivity index (χ0n) is 11.7. The minimum Gasteiger partial charge on any atom is -0.319 e. The summed E-state index contributed by atoms with van der Waals surface area (Å²) in [5.41, 5.74) is -1.57. The summed E-state index contributed by atoms with van der Waals surface area (Å²) in [5.74, 6) is -5.33. The van der Waals surface area contributed by atoms with Gasteiger partial charge in [-0.3, -0.25) is 9.59 Å². The molecule has 0 spiro atoms. The van der Waals surface area contributed by atoms with Gasteiger partial charge in [0.15, 0.2) is 5.82 Å². The van der Waals surface area contributed by atoms with E-state index in [4.69, 9.17) is 11.6 Å². The number of anilines is 2. The quantitative estimate of drug-likeness (QED) is 0.807. The maximum absolute atomic E-state index is 14.2. The molecule has 2 aromatic carbocycles. The number of hydrogen-bond donors (Lipinski definition) is 2. The van der Waals surface area contributed by atoms with Crippen molar-refractivity contribution in [2.45, 2.75) is 6.43 Å². The number of benzene rings is 2. The van der Waals surface area contributed by atoms with E-state index >= 15 is 0 Å². The van der Waals surface area contributed by atoms with E-state index in [-0.39, 0.29) is 10.6 Å². The normalized spacial score (nSPS) is 10.6. The van der Waals surface area contributed by atoms with Gasteiger partial charge in [-0.15, -0.1) is 0 Å². The van der Waals surface area contributed by atoms with Gasteiger partial charge in [-0.05, 0) is 24.3 Å². The van der Waals surface area contributed by atoms with Gasteiger partial charge in [0.2, 0.25) is 0 Å². The second-order valence-corrected chi connectivity index (χ2v) is 4.92. The van der Waals surface area contributed by atoms with Crippen molar-refractivity contribution in [3.63, 3.8) is 0 Å². The first-order chi connectivity index (χ1) is 11.3. The minimum absolute atomic E-state index is 0.0288. The highest BCUT2D eigenvalue weighted by molar-refractivity contribution is 6.34. The van der Waals surface area contributed by atoms with E-state index in [0.29, 0.717) is 6.07 Å². The lowest BCUT2D eigenvalue weighted by molar-refractivity contribution is -0.126. The van der Waals surface area contributed by atoms with Crippen molar-refractivity contribution in [1.29, 1.82) is 0 Å². The van der Waals surface area contributed by atoms with Crippen LogP contribution in [0.2, 0.25) is 5.02 Å². The summed E-state index contributed by atoms with van der Waals surface area (Å²) in [4.78, 5) is 23.0. The van der Waals surface area contributed by atoms with Crippen LogP contribution in [0.25, 0.3) is 0 Å². The van der Waals surface area contributed by atoms with Crippen molar-refractivity contribution in [2.24, 2.45) is 0 Å². The van der Waals surface area contributed by atoms with Gasteiger partial charge >= 0.3 is 6.43 Å². The largest absolute Gasteiger partial charge is 0.319 e. The average molecular weight is 361 g/mol. The van der Waals surface area contributed by atoms with Crippen molar-refractivity contribution < 1.29 is 27.2 Å². The van der Waals surface area contributed by atoms with Crippen LogP contribution in [0.5, 0.6) is 0 Å². The summed E-state index contributed by atoms with van der Waals surface area (Å²) in [6, 6.07) is 7.51. The molecule has 0 heterocycles. The highest BCUT2D eigenvalue weighted by Crippen LogP contribution is 2.27. The van der Waals surface area contributed by atoms with Crippen molar-refractivity contribution in [3.05, 3.63) is 58.6 Å². The Morgan fingerprint density at radius 2 is 1.67 bits per heavy atom. The third kappa shape index (κ3) is 3.83. The second kappa shape index (κ2) is 7.31. The first-order valence-corrected chi connectivity index (χ1v) is 6.82. The van der Waals surface area contributed by atoms with Crippen LogP contribution in [0.15, 0.2) is 36.4 Å². The van der Waals surface area contributed by atoms with Gasteiger partial charge in [0.25, 0.3) is 11.8 Å². The molecule has 0 aliphatic carbocycles. The zero-order chi connectivity index (χ0) is 17.9. The molecule has 0 unspecified atom stereocenters. The van der Waals surface area contributed by atoms with Gasteiger partial charge in [-0.2, -0.15) is 8.78 Å². The van der Waals surface area contributed by atoms with Crippen molar-refractivity contribution >= 4 is 34.8 Å². The van der Waals surface area contributed by atoms with E-state index in [9.17, 15) is 27.2 Å². The zero-order valence-corrected chi connectivity index (χ0v) is 12.5. The number of nitrogens with one attached hydrogen (secondary N) is 2. The molecule has 0 radical (unpaired) electrons. The fourth-order valence-corrected chi connectivity index (χ4v) is 2.00. The summed E-state index contributed by atoms with van der Waals surface area (Å²) in [5, 5.41) is 3.66. The van der Waals surface area contributed by atoms with Crippen LogP contribution in [0, 0.1) is 11.6 Å². The van der Waals surface area contributed by atoms with Gasteiger partial charge in [0.05, 0.1) is 16.3 Å². The van der Waals surface area contributed by atoms with Crippen LogP contribution >= 0.6 is 11.6 Å². The standard InChI is InChI=1S/C15H9ClF4N2O2/c16-8-4-2-1-3-7(8)14(23)21-10-6-5-9(17)12(11(10)18)22-15(24)13(19)20/h1-6,13H,(H,21,23)(H,22,24). The number of alkyl halides is 2. The van der Waals surface area contributed by atoms with Gasteiger partial charge in [0, 0.05) is 0 Å². The Morgan fingerprint density at radius 1 is 1.00 bits per heavy atom. The van der Waals surface area contributed by atoms with Gasteiger partial charge in [-0.25, -0.2) is 8.78 Å². The fourth-order valence-electron chi connectivity index (χ4n) is 1.78. The molecule has 0 fully saturated rings. The van der Waals surface area contributed by atoms with Crippen molar-refractivity contribution in [2.75, 3.05) is 10.6 Å². The summed E-state index contributed by atoms with van der Waals surface area (Å²) in [6.07, 6.45) is -3.45. The van der Waals surface area contributed by atoms with E-state index in [1.54, 1.807) is 6.07 Å². The molecule has 0 atom stereocenters. The highest BCUT2D eigenvalue weighted by atomic mass is 35.5. The number of halogens is 5. The first kappa shape index (κ1) is 17.7. The van der Waals surface area contributed by atoms with E-state index in [1.807, 2.05) is 0 Å². The van der Waals surface area contributed by atoms with Crippen molar-refractivity contribution in [3.8, 4) is 0 Å². The van der Waals surface area contributed by atoms with Gasteiger partial charge in [-0.1, -0.05) is 23.7 Å². The summed E-state index contributed by atoms with van der Waals surface area (Å²) >= 11 is 5.83. The molecular formula is C15H9ClF4N2O2. The Hall–Kier alpha value is -2.61.